The van der Waals surface area contributed by atoms with E-state index in [1.807, 2.05) is 59.6 Å². The summed E-state index contributed by atoms with van der Waals surface area (Å²) in [6.45, 7) is 2.65. The molecule has 1 aliphatic rings. The fourth-order valence-corrected chi connectivity index (χ4v) is 5.44. The molecule has 0 radical (unpaired) electrons. The number of halogens is 4. The van der Waals surface area contributed by atoms with Crippen LogP contribution in [0.25, 0.3) is 10.8 Å². The number of carbonyl (C=O) groups is 3. The van der Waals surface area contributed by atoms with Crippen LogP contribution in [0, 0.1) is 5.82 Å². The van der Waals surface area contributed by atoms with Crippen molar-refractivity contribution < 1.29 is 31.9 Å². The van der Waals surface area contributed by atoms with Crippen molar-refractivity contribution in [1.29, 1.82) is 0 Å². The zero-order chi connectivity index (χ0) is 30.4. The van der Waals surface area contributed by atoms with Crippen molar-refractivity contribution in [2.75, 3.05) is 26.7 Å². The average molecular weight is 587 g/mol. The van der Waals surface area contributed by atoms with Gasteiger partial charge in [-0.2, -0.15) is 13.2 Å². The minimum absolute atomic E-state index is 0.157. The Hall–Kier alpha value is -3.99. The highest BCUT2D eigenvalue weighted by Gasteiger charge is 2.43. The summed E-state index contributed by atoms with van der Waals surface area (Å²) in [6.07, 6.45) is -4.49. The van der Waals surface area contributed by atoms with Crippen LogP contribution in [-0.4, -0.2) is 78.5 Å². The number of hydrogen-bond donors (Lipinski definition) is 2. The van der Waals surface area contributed by atoms with E-state index in [2.05, 4.69) is 5.32 Å². The summed E-state index contributed by atoms with van der Waals surface area (Å²) in [5.74, 6) is -3.58. The molecule has 0 spiro atoms. The topological polar surface area (TPSA) is 81.8 Å². The lowest BCUT2D eigenvalue weighted by Crippen LogP contribution is -2.63. The van der Waals surface area contributed by atoms with E-state index in [0.29, 0.717) is 31.5 Å². The third-order valence-electron chi connectivity index (χ3n) is 7.72. The molecule has 4 rings (SSSR count). The van der Waals surface area contributed by atoms with Crippen molar-refractivity contribution in [3.05, 3.63) is 83.7 Å². The molecule has 2 N–H and O–H groups in total. The maximum atomic E-state index is 13.7. The highest BCUT2D eigenvalue weighted by Crippen LogP contribution is 2.23. The number of likely N-dealkylation sites (N-methyl/N-ethyl adjacent to an activating group) is 1. The molecule has 42 heavy (non-hydrogen) atoms. The second-order valence-corrected chi connectivity index (χ2v) is 10.5. The zero-order valence-corrected chi connectivity index (χ0v) is 23.5. The van der Waals surface area contributed by atoms with Gasteiger partial charge in [-0.1, -0.05) is 61.5 Å². The summed E-state index contributed by atoms with van der Waals surface area (Å²) < 4.78 is 52.8. The predicted octanol–water partition coefficient (Wildman–Crippen LogP) is 3.85. The molecule has 1 heterocycles. The number of alkyl halides is 3. The quantitative estimate of drug-likeness (QED) is 0.374. The lowest BCUT2D eigenvalue weighted by atomic mass is 9.97. The molecule has 1 saturated heterocycles. The number of amides is 3. The van der Waals surface area contributed by atoms with Gasteiger partial charge in [0, 0.05) is 39.1 Å². The van der Waals surface area contributed by atoms with Crippen LogP contribution in [0.15, 0.2) is 66.7 Å². The first-order valence-corrected chi connectivity index (χ1v) is 13.9. The molecule has 3 aromatic rings. The number of rotatable bonds is 9. The smallest absolute Gasteiger partial charge is 0.358 e. The Bertz CT molecular complexity index is 1410. The Balaban J connectivity index is 1.53. The van der Waals surface area contributed by atoms with Crippen LogP contribution in [0.2, 0.25) is 0 Å². The Morgan fingerprint density at radius 3 is 2.24 bits per heavy atom. The number of nitrogens with one attached hydrogen (secondary N) is 2. The Morgan fingerprint density at radius 2 is 1.60 bits per heavy atom. The summed E-state index contributed by atoms with van der Waals surface area (Å²) >= 11 is 0. The lowest BCUT2D eigenvalue weighted by Gasteiger charge is -2.45. The van der Waals surface area contributed by atoms with Crippen LogP contribution >= 0.6 is 0 Å². The van der Waals surface area contributed by atoms with Crippen molar-refractivity contribution in [1.82, 2.24) is 20.4 Å². The normalized spacial score (nSPS) is 17.5. The van der Waals surface area contributed by atoms with Crippen LogP contribution in [0.4, 0.5) is 17.6 Å². The number of hydrogen-bond acceptors (Lipinski definition) is 4. The van der Waals surface area contributed by atoms with Gasteiger partial charge < -0.3 is 15.5 Å². The van der Waals surface area contributed by atoms with Crippen molar-refractivity contribution in [3.8, 4) is 0 Å². The predicted molar refractivity (Wildman–Crippen MR) is 151 cm³/mol. The molecule has 7 nitrogen and oxygen atoms in total. The molecular weight excluding hydrogens is 552 g/mol. The fourth-order valence-electron chi connectivity index (χ4n) is 5.44. The first-order chi connectivity index (χ1) is 20.0. The summed E-state index contributed by atoms with van der Waals surface area (Å²) in [5, 5.41) is 6.72. The number of carbonyl (C=O) groups excluding carboxylic acids is 3. The van der Waals surface area contributed by atoms with E-state index in [1.165, 1.54) is 17.0 Å². The van der Waals surface area contributed by atoms with Crippen LogP contribution in [0.3, 0.4) is 0 Å². The molecule has 224 valence electrons. The minimum atomic E-state index is -5.17. The van der Waals surface area contributed by atoms with Gasteiger partial charge in [0.2, 0.25) is 11.8 Å². The van der Waals surface area contributed by atoms with Crippen LogP contribution < -0.4 is 10.6 Å². The number of benzene rings is 3. The van der Waals surface area contributed by atoms with E-state index in [4.69, 9.17) is 0 Å². The van der Waals surface area contributed by atoms with Crippen molar-refractivity contribution in [2.24, 2.45) is 0 Å². The molecular formula is C31H34F4N4O3. The molecule has 1 fully saturated rings. The summed E-state index contributed by atoms with van der Waals surface area (Å²) in [5.41, 5.74) is 1.38. The second-order valence-electron chi connectivity index (χ2n) is 10.5. The molecule has 0 aromatic heterocycles. The highest BCUT2D eigenvalue weighted by molar-refractivity contribution is 5.90. The number of nitrogens with zero attached hydrogens (tertiary/aromatic N) is 2. The van der Waals surface area contributed by atoms with Gasteiger partial charge in [0.15, 0.2) is 0 Å². The van der Waals surface area contributed by atoms with Crippen LogP contribution in [0.5, 0.6) is 0 Å². The average Bonchev–Trinajstić information content (AvgIpc) is 2.98. The second kappa shape index (κ2) is 13.3. The van der Waals surface area contributed by atoms with Gasteiger partial charge in [-0.05, 0) is 46.9 Å². The van der Waals surface area contributed by atoms with E-state index >= 15 is 0 Å². The van der Waals surface area contributed by atoms with Crippen molar-refractivity contribution in [3.63, 3.8) is 0 Å². The molecule has 11 heteroatoms. The standard InChI is InChI=1S/C31H34F4N4O3/c1-3-25-19-38(27(28(40)36-2)18-21-8-11-22-6-4-5-7-23(22)16-21)14-15-39(25)29(41)26(37-30(42)31(33,34)35)17-20-9-12-24(32)13-10-20/h4-13,16,25-27H,3,14-15,17-19H2,1-2H3,(H,36,40)(H,37,42). The lowest BCUT2D eigenvalue weighted by molar-refractivity contribution is -0.175. The molecule has 0 saturated carbocycles. The fraction of sp³-hybridized carbons (Fsp3) is 0.387. The molecule has 3 amide bonds. The van der Waals surface area contributed by atoms with E-state index in [0.717, 1.165) is 28.5 Å². The van der Waals surface area contributed by atoms with E-state index in [-0.39, 0.29) is 18.9 Å². The zero-order valence-electron chi connectivity index (χ0n) is 23.5. The molecule has 0 aliphatic carbocycles. The molecule has 3 atom stereocenters. The molecule has 3 unspecified atom stereocenters. The van der Waals surface area contributed by atoms with Gasteiger partial charge in [0.1, 0.15) is 11.9 Å². The highest BCUT2D eigenvalue weighted by atomic mass is 19.4. The van der Waals surface area contributed by atoms with Crippen LogP contribution in [0.1, 0.15) is 24.5 Å². The van der Waals surface area contributed by atoms with E-state index in [1.54, 1.807) is 7.05 Å². The third kappa shape index (κ3) is 7.44. The van der Waals surface area contributed by atoms with E-state index in [9.17, 15) is 31.9 Å². The van der Waals surface area contributed by atoms with Gasteiger partial charge in [-0.25, -0.2) is 4.39 Å². The van der Waals surface area contributed by atoms with Crippen molar-refractivity contribution in [2.45, 2.75) is 50.5 Å². The summed E-state index contributed by atoms with van der Waals surface area (Å²) in [4.78, 5) is 42.0. The van der Waals surface area contributed by atoms with Crippen molar-refractivity contribution >= 4 is 28.5 Å². The Kier molecular flexibility index (Phi) is 9.82. The molecule has 0 bridgehead atoms. The van der Waals surface area contributed by atoms with E-state index < -0.39 is 41.9 Å². The summed E-state index contributed by atoms with van der Waals surface area (Å²) in [7, 11) is 1.57. The first-order valence-electron chi connectivity index (χ1n) is 13.9. The van der Waals surface area contributed by atoms with Gasteiger partial charge in [0.25, 0.3) is 0 Å². The first kappa shape index (κ1) is 31.0. The molecule has 3 aromatic carbocycles. The summed E-state index contributed by atoms with van der Waals surface area (Å²) in [6, 6.07) is 16.5. The SMILES string of the molecule is CCC1CN(C(Cc2ccc3ccccc3c2)C(=O)NC)CCN1C(=O)C(Cc1ccc(F)cc1)NC(=O)C(F)(F)F. The van der Waals surface area contributed by atoms with Gasteiger partial charge in [0.05, 0.1) is 6.04 Å². The van der Waals surface area contributed by atoms with Crippen LogP contribution in [-0.2, 0) is 27.2 Å². The number of piperazine rings is 1. The third-order valence-corrected chi connectivity index (χ3v) is 7.72. The largest absolute Gasteiger partial charge is 0.471 e. The maximum Gasteiger partial charge on any atom is 0.471 e. The van der Waals surface area contributed by atoms with Gasteiger partial charge >= 0.3 is 12.1 Å². The number of fused-ring (bicyclic) bond motifs is 1. The maximum absolute atomic E-state index is 13.7. The van der Waals surface area contributed by atoms with Gasteiger partial charge in [-0.3, -0.25) is 19.3 Å². The Morgan fingerprint density at radius 1 is 0.929 bits per heavy atom. The Labute approximate surface area is 241 Å². The van der Waals surface area contributed by atoms with Gasteiger partial charge in [-0.15, -0.1) is 0 Å². The minimum Gasteiger partial charge on any atom is -0.358 e. The monoisotopic (exact) mass is 586 g/mol. The molecule has 1 aliphatic heterocycles.